The highest BCUT2D eigenvalue weighted by Gasteiger charge is 2.14. The molecule has 9 heteroatoms. The van der Waals surface area contributed by atoms with E-state index < -0.39 is 0 Å². The van der Waals surface area contributed by atoms with E-state index in [1.165, 1.54) is 0 Å². The number of amides is 2. The van der Waals surface area contributed by atoms with Crippen molar-refractivity contribution < 1.29 is 19.1 Å². The average molecular weight is 412 g/mol. The molecule has 0 radical (unpaired) electrons. The number of carbonyl (C=O) groups excluding carboxylic acids is 2. The number of ether oxygens (including phenoxy) is 2. The summed E-state index contributed by atoms with van der Waals surface area (Å²) in [4.78, 5) is 24.4. The van der Waals surface area contributed by atoms with Crippen LogP contribution in [0.3, 0.4) is 0 Å². The number of carbonyl (C=O) groups is 2. The summed E-state index contributed by atoms with van der Waals surface area (Å²) in [5, 5.41) is 14.2. The third-order valence-corrected chi connectivity index (χ3v) is 4.86. The molecule has 0 fully saturated rings. The van der Waals surface area contributed by atoms with E-state index in [1.54, 1.807) is 44.6 Å². The molecule has 2 aromatic carbocycles. The van der Waals surface area contributed by atoms with Gasteiger partial charge in [-0.3, -0.25) is 9.59 Å². The molecule has 1 heterocycles. The minimum absolute atomic E-state index is 0.178. The molecule has 150 valence electrons. The van der Waals surface area contributed by atoms with Crippen molar-refractivity contribution in [3.05, 3.63) is 64.1 Å². The topological polar surface area (TPSA) is 102 Å². The first kappa shape index (κ1) is 20.3. The molecule has 0 saturated heterocycles. The fraction of sp³-hybridized carbons (Fsp3) is 0.200. The van der Waals surface area contributed by atoms with Crippen molar-refractivity contribution in [1.82, 2.24) is 15.5 Å². The largest absolute Gasteiger partial charge is 0.493 e. The normalized spacial score (nSPS) is 10.3. The van der Waals surface area contributed by atoms with Gasteiger partial charge in [-0.05, 0) is 29.8 Å². The van der Waals surface area contributed by atoms with Crippen LogP contribution in [-0.4, -0.2) is 36.2 Å². The number of nitrogens with one attached hydrogen (secondary N) is 2. The molecule has 0 aliphatic heterocycles. The minimum atomic E-state index is -0.336. The molecule has 3 aromatic rings. The van der Waals surface area contributed by atoms with Crippen molar-refractivity contribution in [2.45, 2.75) is 13.0 Å². The van der Waals surface area contributed by atoms with Crippen LogP contribution >= 0.6 is 11.3 Å². The van der Waals surface area contributed by atoms with Gasteiger partial charge in [0.1, 0.15) is 5.01 Å². The SMILES string of the molecule is COc1ccc(CC(=O)NCc2nnc(C(=O)Nc3ccccc3)s2)cc1OC. The fourth-order valence-corrected chi connectivity index (χ4v) is 3.21. The van der Waals surface area contributed by atoms with Crippen LogP contribution in [0, 0.1) is 0 Å². The number of nitrogens with zero attached hydrogens (tertiary/aromatic N) is 2. The summed E-state index contributed by atoms with van der Waals surface area (Å²) in [6.45, 7) is 0.197. The van der Waals surface area contributed by atoms with Gasteiger partial charge in [-0.1, -0.05) is 35.6 Å². The zero-order valence-corrected chi connectivity index (χ0v) is 16.8. The Bertz CT molecular complexity index is 991. The van der Waals surface area contributed by atoms with Crippen molar-refractivity contribution in [1.29, 1.82) is 0 Å². The summed E-state index contributed by atoms with van der Waals surface area (Å²) in [6, 6.07) is 14.4. The third kappa shape index (κ3) is 5.52. The van der Waals surface area contributed by atoms with Crippen LogP contribution < -0.4 is 20.1 Å². The average Bonchev–Trinajstić information content (AvgIpc) is 3.22. The number of hydrogen-bond donors (Lipinski definition) is 2. The Morgan fingerprint density at radius 1 is 1.00 bits per heavy atom. The molecule has 0 unspecified atom stereocenters. The van der Waals surface area contributed by atoms with Crippen molar-refractivity contribution >= 4 is 28.8 Å². The van der Waals surface area contributed by atoms with Crippen molar-refractivity contribution in [2.75, 3.05) is 19.5 Å². The summed E-state index contributed by atoms with van der Waals surface area (Å²) >= 11 is 1.13. The van der Waals surface area contributed by atoms with Gasteiger partial charge in [0.15, 0.2) is 11.5 Å². The Morgan fingerprint density at radius 3 is 2.48 bits per heavy atom. The fourth-order valence-electron chi connectivity index (χ4n) is 2.54. The van der Waals surface area contributed by atoms with Crippen LogP contribution in [0.1, 0.15) is 20.4 Å². The number of rotatable bonds is 8. The Hall–Kier alpha value is -3.46. The first-order valence-electron chi connectivity index (χ1n) is 8.75. The van der Waals surface area contributed by atoms with Gasteiger partial charge in [0.2, 0.25) is 10.9 Å². The maximum absolute atomic E-state index is 12.2. The third-order valence-electron chi connectivity index (χ3n) is 3.94. The van der Waals surface area contributed by atoms with E-state index in [4.69, 9.17) is 9.47 Å². The molecule has 3 rings (SSSR count). The lowest BCUT2D eigenvalue weighted by Crippen LogP contribution is -2.24. The smallest absolute Gasteiger partial charge is 0.286 e. The van der Waals surface area contributed by atoms with Crippen LogP contribution in [0.25, 0.3) is 0 Å². The molecular weight excluding hydrogens is 392 g/mol. The Kier molecular flexibility index (Phi) is 6.75. The summed E-state index contributed by atoms with van der Waals surface area (Å²) in [5.74, 6) is 0.655. The maximum Gasteiger partial charge on any atom is 0.286 e. The van der Waals surface area contributed by atoms with Gasteiger partial charge in [-0.25, -0.2) is 0 Å². The summed E-state index contributed by atoms with van der Waals surface area (Å²) in [7, 11) is 3.10. The zero-order valence-electron chi connectivity index (χ0n) is 16.0. The Balaban J connectivity index is 1.52. The van der Waals surface area contributed by atoms with Crippen LogP contribution in [0.4, 0.5) is 5.69 Å². The Morgan fingerprint density at radius 2 is 1.76 bits per heavy atom. The molecule has 0 atom stereocenters. The highest BCUT2D eigenvalue weighted by Crippen LogP contribution is 2.27. The Labute approximate surface area is 171 Å². The molecule has 0 aliphatic rings. The number of methoxy groups -OCH3 is 2. The van der Waals surface area contributed by atoms with Crippen molar-refractivity contribution in [2.24, 2.45) is 0 Å². The number of aromatic nitrogens is 2. The van der Waals surface area contributed by atoms with E-state index in [-0.39, 0.29) is 29.8 Å². The minimum Gasteiger partial charge on any atom is -0.493 e. The molecule has 0 saturated carbocycles. The van der Waals surface area contributed by atoms with E-state index in [0.29, 0.717) is 22.2 Å². The van der Waals surface area contributed by atoms with Gasteiger partial charge in [-0.15, -0.1) is 10.2 Å². The van der Waals surface area contributed by atoms with Crippen molar-refractivity contribution in [3.63, 3.8) is 0 Å². The van der Waals surface area contributed by atoms with E-state index >= 15 is 0 Å². The molecule has 29 heavy (non-hydrogen) atoms. The van der Waals surface area contributed by atoms with Gasteiger partial charge in [0.05, 0.1) is 27.2 Å². The van der Waals surface area contributed by atoms with E-state index in [9.17, 15) is 9.59 Å². The molecule has 8 nitrogen and oxygen atoms in total. The molecular formula is C20H20N4O4S. The first-order valence-corrected chi connectivity index (χ1v) is 9.57. The van der Waals surface area contributed by atoms with E-state index in [1.807, 2.05) is 18.2 Å². The summed E-state index contributed by atoms with van der Waals surface area (Å²) < 4.78 is 10.4. The summed E-state index contributed by atoms with van der Waals surface area (Å²) in [5.41, 5.74) is 1.47. The highest BCUT2D eigenvalue weighted by atomic mass is 32.1. The molecule has 2 amide bonds. The highest BCUT2D eigenvalue weighted by molar-refractivity contribution is 7.13. The second-order valence-electron chi connectivity index (χ2n) is 5.96. The van der Waals surface area contributed by atoms with Gasteiger partial charge >= 0.3 is 0 Å². The number of anilines is 1. The molecule has 0 spiro atoms. The molecule has 0 aliphatic carbocycles. The van der Waals surface area contributed by atoms with E-state index in [0.717, 1.165) is 16.9 Å². The van der Waals surface area contributed by atoms with Crippen LogP contribution in [0.2, 0.25) is 0 Å². The predicted molar refractivity (Wildman–Crippen MR) is 109 cm³/mol. The second kappa shape index (κ2) is 9.65. The van der Waals surface area contributed by atoms with Gasteiger partial charge in [0.25, 0.3) is 5.91 Å². The lowest BCUT2D eigenvalue weighted by Gasteiger charge is -2.09. The number of hydrogen-bond acceptors (Lipinski definition) is 7. The van der Waals surface area contributed by atoms with Crippen molar-refractivity contribution in [3.8, 4) is 11.5 Å². The van der Waals surface area contributed by atoms with E-state index in [2.05, 4.69) is 20.8 Å². The van der Waals surface area contributed by atoms with Crippen LogP contribution in [-0.2, 0) is 17.8 Å². The monoisotopic (exact) mass is 412 g/mol. The predicted octanol–water partition coefficient (Wildman–Crippen LogP) is 2.67. The molecule has 0 bridgehead atoms. The quantitative estimate of drug-likeness (QED) is 0.590. The lowest BCUT2D eigenvalue weighted by molar-refractivity contribution is -0.120. The second-order valence-corrected chi connectivity index (χ2v) is 7.03. The lowest BCUT2D eigenvalue weighted by atomic mass is 10.1. The summed E-state index contributed by atoms with van der Waals surface area (Å²) in [6.07, 6.45) is 0.181. The number of para-hydroxylation sites is 1. The molecule has 1 aromatic heterocycles. The first-order chi connectivity index (χ1) is 14.1. The molecule has 2 N–H and O–H groups in total. The van der Waals surface area contributed by atoms with Crippen LogP contribution in [0.15, 0.2) is 48.5 Å². The maximum atomic E-state index is 12.2. The number of benzene rings is 2. The van der Waals surface area contributed by atoms with Crippen LogP contribution in [0.5, 0.6) is 11.5 Å². The van der Waals surface area contributed by atoms with Gasteiger partial charge in [-0.2, -0.15) is 0 Å². The van der Waals surface area contributed by atoms with Gasteiger partial charge < -0.3 is 20.1 Å². The van der Waals surface area contributed by atoms with Gasteiger partial charge in [0, 0.05) is 5.69 Å². The zero-order chi connectivity index (χ0) is 20.6. The standard InChI is InChI=1S/C20H20N4O4S/c1-27-15-9-8-13(10-16(15)28-2)11-17(25)21-12-18-23-24-20(29-18)19(26)22-14-6-4-3-5-7-14/h3-10H,11-12H2,1-2H3,(H,21,25)(H,22,26).